The van der Waals surface area contributed by atoms with Crippen LogP contribution in [0.15, 0.2) is 122 Å². The summed E-state index contributed by atoms with van der Waals surface area (Å²) in [7, 11) is 0. The van der Waals surface area contributed by atoms with Crippen molar-refractivity contribution in [1.82, 2.24) is 39.9 Å². The Labute approximate surface area is 267 Å². The molecule has 2 N–H and O–H groups in total. The molecule has 4 aromatic carbocycles. The minimum Gasteiger partial charge on any atom is -0.492 e. The summed E-state index contributed by atoms with van der Waals surface area (Å²) in [6, 6.07) is 34.1. The molecule has 47 heavy (non-hydrogen) atoms. The molecule has 0 aliphatic carbocycles. The highest BCUT2D eigenvalue weighted by Crippen LogP contribution is 2.35. The van der Waals surface area contributed by atoms with Crippen molar-refractivity contribution in [2.24, 2.45) is 0 Å². The minimum atomic E-state index is -0.358. The summed E-state index contributed by atoms with van der Waals surface area (Å²) in [4.78, 5) is 34.9. The molecular weight excluding hydrogens is 592 g/mol. The summed E-state index contributed by atoms with van der Waals surface area (Å²) in [5.41, 5.74) is 7.13. The molecule has 0 atom stereocenters. The van der Waals surface area contributed by atoms with E-state index in [0.29, 0.717) is 51.1 Å². The topological polar surface area (TPSA) is 153 Å². The molecule has 0 saturated carbocycles. The summed E-state index contributed by atoms with van der Waals surface area (Å²) in [5.74, 6) is 1.02. The van der Waals surface area contributed by atoms with Crippen molar-refractivity contribution in [1.29, 1.82) is 0 Å². The lowest BCUT2D eigenvalue weighted by Gasteiger charge is -2.12. The van der Waals surface area contributed by atoms with E-state index in [1.807, 2.05) is 109 Å². The summed E-state index contributed by atoms with van der Waals surface area (Å²) >= 11 is 0. The van der Waals surface area contributed by atoms with E-state index < -0.39 is 0 Å². The smallest absolute Gasteiger partial charge is 0.316 e. The monoisotopic (exact) mass is 614 g/mol. The Hall–Kier alpha value is -6.88. The Morgan fingerprint density at radius 1 is 0.447 bits per heavy atom. The maximum absolute atomic E-state index is 10.3. The van der Waals surface area contributed by atoms with E-state index in [1.165, 1.54) is 12.5 Å². The van der Waals surface area contributed by atoms with Crippen molar-refractivity contribution in [3.63, 3.8) is 0 Å². The molecule has 11 heteroatoms. The third-order valence-electron chi connectivity index (χ3n) is 7.45. The lowest BCUT2D eigenvalue weighted by atomic mass is 10.0. The molecule has 0 radical (unpaired) electrons. The van der Waals surface area contributed by atoms with E-state index in [2.05, 4.69) is 19.9 Å². The van der Waals surface area contributed by atoms with Crippen molar-refractivity contribution in [2.45, 2.75) is 0 Å². The zero-order valence-corrected chi connectivity index (χ0v) is 24.4. The molecule has 0 aliphatic heterocycles. The molecule has 0 saturated heterocycles. The second-order valence-corrected chi connectivity index (χ2v) is 10.5. The summed E-state index contributed by atoms with van der Waals surface area (Å²) in [5, 5.41) is 20.1. The van der Waals surface area contributed by atoms with Crippen LogP contribution in [0.1, 0.15) is 0 Å². The maximum Gasteiger partial charge on any atom is 0.316 e. The van der Waals surface area contributed by atoms with Crippen LogP contribution in [0.2, 0.25) is 0 Å². The predicted octanol–water partition coefficient (Wildman–Crippen LogP) is 7.02. The first kappa shape index (κ1) is 27.7. The average molecular weight is 615 g/mol. The standard InChI is InChI=1S/C36H22N8O3/c45-35-32-34(38-20-39-35)43-31(22-9-5-2-6-10-22)29(41-32)24-13-17-26(18-14-24)47-25-15-11-23(12-16-25)28-30(21-7-3-1-4-8-21)42-33-27(40-28)19-37-36(46)44-33/h1-20H,(H,37,42,44,46)(H,38,39,43,45). The maximum atomic E-state index is 10.3. The fourth-order valence-corrected chi connectivity index (χ4v) is 5.21. The number of hydrogen-bond acceptors (Lipinski definition) is 11. The Morgan fingerprint density at radius 2 is 0.957 bits per heavy atom. The molecule has 0 fully saturated rings. The molecule has 0 spiro atoms. The van der Waals surface area contributed by atoms with Gasteiger partial charge in [0, 0.05) is 22.3 Å². The van der Waals surface area contributed by atoms with E-state index in [4.69, 9.17) is 24.7 Å². The number of nitrogens with zero attached hydrogens (tertiary/aromatic N) is 8. The van der Waals surface area contributed by atoms with Crippen LogP contribution in [0.25, 0.3) is 67.4 Å². The van der Waals surface area contributed by atoms with Gasteiger partial charge in [0.15, 0.2) is 16.8 Å². The second-order valence-electron chi connectivity index (χ2n) is 10.5. The van der Waals surface area contributed by atoms with Gasteiger partial charge in [0.05, 0.1) is 29.0 Å². The van der Waals surface area contributed by atoms with Crippen LogP contribution >= 0.6 is 0 Å². The summed E-state index contributed by atoms with van der Waals surface area (Å²) in [6.45, 7) is 0. The van der Waals surface area contributed by atoms with E-state index >= 15 is 0 Å². The average Bonchev–Trinajstić information content (AvgIpc) is 3.12. The fraction of sp³-hybridized carbons (Fsp3) is 0. The van der Waals surface area contributed by atoms with Crippen molar-refractivity contribution in [3.05, 3.63) is 122 Å². The van der Waals surface area contributed by atoms with Crippen LogP contribution in [0.3, 0.4) is 0 Å². The van der Waals surface area contributed by atoms with Crippen molar-refractivity contribution in [3.8, 4) is 68.4 Å². The number of aromatic nitrogens is 8. The molecule has 8 aromatic rings. The third kappa shape index (κ3) is 5.38. The Bertz CT molecular complexity index is 2390. The zero-order chi connectivity index (χ0) is 31.7. The van der Waals surface area contributed by atoms with Crippen LogP contribution in [0.4, 0.5) is 0 Å². The molecule has 0 bridgehead atoms. The van der Waals surface area contributed by atoms with Crippen molar-refractivity contribution < 1.29 is 14.9 Å². The van der Waals surface area contributed by atoms with E-state index in [9.17, 15) is 10.2 Å². The van der Waals surface area contributed by atoms with Crippen LogP contribution in [0.5, 0.6) is 23.4 Å². The highest BCUT2D eigenvalue weighted by atomic mass is 16.5. The van der Waals surface area contributed by atoms with Gasteiger partial charge in [-0.2, -0.15) is 9.97 Å². The molecular formula is C36H22N8O3. The predicted molar refractivity (Wildman–Crippen MR) is 175 cm³/mol. The first-order chi connectivity index (χ1) is 23.1. The lowest BCUT2D eigenvalue weighted by Crippen LogP contribution is -1.98. The highest BCUT2D eigenvalue weighted by Gasteiger charge is 2.17. The molecule has 224 valence electrons. The zero-order valence-electron chi connectivity index (χ0n) is 24.4. The van der Waals surface area contributed by atoms with E-state index in [-0.39, 0.29) is 17.4 Å². The van der Waals surface area contributed by atoms with Gasteiger partial charge < -0.3 is 14.9 Å². The SMILES string of the molecule is Oc1ncc2nc(-c3ccc(Oc4ccc(-c5nc6c(O)ncnc6nc5-c5ccccc5)cc4)cc3)c(-c3ccccc3)nc2n1. The van der Waals surface area contributed by atoms with Gasteiger partial charge in [-0.3, -0.25) is 0 Å². The van der Waals surface area contributed by atoms with E-state index in [0.717, 1.165) is 22.3 Å². The molecule has 4 heterocycles. The first-order valence-corrected chi connectivity index (χ1v) is 14.5. The molecule has 8 rings (SSSR count). The van der Waals surface area contributed by atoms with Gasteiger partial charge in [-0.15, -0.1) is 0 Å². The van der Waals surface area contributed by atoms with Gasteiger partial charge in [0.25, 0.3) is 0 Å². The molecule has 0 aliphatic rings. The van der Waals surface area contributed by atoms with Gasteiger partial charge in [-0.05, 0) is 48.5 Å². The fourth-order valence-electron chi connectivity index (χ4n) is 5.21. The Kier molecular flexibility index (Phi) is 6.80. The first-order valence-electron chi connectivity index (χ1n) is 14.5. The van der Waals surface area contributed by atoms with Crippen LogP contribution in [-0.4, -0.2) is 50.1 Å². The number of rotatable bonds is 6. The number of benzene rings is 4. The van der Waals surface area contributed by atoms with Gasteiger partial charge >= 0.3 is 6.01 Å². The van der Waals surface area contributed by atoms with Crippen LogP contribution < -0.4 is 4.74 Å². The lowest BCUT2D eigenvalue weighted by molar-refractivity contribution is 0.432. The van der Waals surface area contributed by atoms with Crippen molar-refractivity contribution in [2.75, 3.05) is 0 Å². The normalized spacial score (nSPS) is 11.1. The minimum absolute atomic E-state index is 0.222. The van der Waals surface area contributed by atoms with Crippen LogP contribution in [-0.2, 0) is 0 Å². The quantitative estimate of drug-likeness (QED) is 0.199. The molecule has 11 nitrogen and oxygen atoms in total. The van der Waals surface area contributed by atoms with Gasteiger partial charge in [-0.1, -0.05) is 60.7 Å². The Morgan fingerprint density at radius 3 is 1.55 bits per heavy atom. The second kappa shape index (κ2) is 11.6. The van der Waals surface area contributed by atoms with Gasteiger partial charge in [0.1, 0.15) is 23.3 Å². The van der Waals surface area contributed by atoms with Gasteiger partial charge in [-0.25, -0.2) is 29.9 Å². The number of fused-ring (bicyclic) bond motifs is 2. The highest BCUT2D eigenvalue weighted by molar-refractivity contribution is 5.87. The largest absolute Gasteiger partial charge is 0.492 e. The molecule has 4 aromatic heterocycles. The summed E-state index contributed by atoms with van der Waals surface area (Å²) < 4.78 is 6.18. The van der Waals surface area contributed by atoms with Gasteiger partial charge in [0.2, 0.25) is 5.88 Å². The molecule has 0 unspecified atom stereocenters. The number of ether oxygens (including phenoxy) is 1. The van der Waals surface area contributed by atoms with Crippen molar-refractivity contribution >= 4 is 22.3 Å². The molecule has 0 amide bonds. The third-order valence-corrected chi connectivity index (χ3v) is 7.45. The number of hydrogen-bond donors (Lipinski definition) is 2. The Balaban J connectivity index is 1.10. The van der Waals surface area contributed by atoms with E-state index in [1.54, 1.807) is 0 Å². The van der Waals surface area contributed by atoms with Crippen LogP contribution in [0, 0.1) is 0 Å². The summed E-state index contributed by atoms with van der Waals surface area (Å²) in [6.07, 6.45) is 2.71. The number of aromatic hydroxyl groups is 2.